The lowest BCUT2D eigenvalue weighted by Gasteiger charge is -2.35. The molecule has 1 unspecified atom stereocenters. The Morgan fingerprint density at radius 1 is 1.03 bits per heavy atom. The molecule has 0 aliphatic carbocycles. The number of aromatic nitrogens is 2. The predicted octanol–water partition coefficient (Wildman–Crippen LogP) is 5.52. The Bertz CT molecular complexity index is 1350. The van der Waals surface area contributed by atoms with E-state index in [0.29, 0.717) is 40.2 Å². The van der Waals surface area contributed by atoms with Crippen LogP contribution in [0.3, 0.4) is 0 Å². The number of allylic oxidation sites excluding steroid dienone is 1. The molecule has 2 amide bonds. The van der Waals surface area contributed by atoms with Gasteiger partial charge in [0, 0.05) is 5.70 Å². The van der Waals surface area contributed by atoms with Gasteiger partial charge in [0.1, 0.15) is 11.5 Å². The van der Waals surface area contributed by atoms with Gasteiger partial charge in [-0.15, -0.1) is 11.3 Å². The van der Waals surface area contributed by atoms with E-state index < -0.39 is 6.04 Å². The molecule has 0 saturated heterocycles. The van der Waals surface area contributed by atoms with Crippen molar-refractivity contribution in [1.82, 2.24) is 15.5 Å². The summed E-state index contributed by atoms with van der Waals surface area (Å²) in [4.78, 5) is 20.5. The van der Waals surface area contributed by atoms with Crippen LogP contribution in [0.4, 0.5) is 10.5 Å². The zero-order chi connectivity index (χ0) is 23.7. The summed E-state index contributed by atoms with van der Waals surface area (Å²) < 4.78 is 16.4. The Kier molecular flexibility index (Phi) is 5.77. The lowest BCUT2D eigenvalue weighted by atomic mass is 9.94. The fourth-order valence-corrected chi connectivity index (χ4v) is 4.62. The molecule has 34 heavy (non-hydrogen) atoms. The number of carbonyl (C=O) groups excluding carboxylic acids is 1. The molecule has 1 aliphatic rings. The molecule has 1 atom stereocenters. The number of amides is 2. The van der Waals surface area contributed by atoms with Crippen LogP contribution >= 0.6 is 11.3 Å². The van der Waals surface area contributed by atoms with Crippen molar-refractivity contribution in [3.63, 3.8) is 0 Å². The second-order valence-electron chi connectivity index (χ2n) is 7.59. The standard InChI is InChI=1S/C25H22N4O4S/c1-15-21(24-27-23(28-33-24)20-8-5-13-34-20)22(16-6-4-7-19(14-16)32-3)26-25(30)29(15)17-9-11-18(31-2)12-10-17/h4-14,22H,1-3H3,(H,26,30). The number of nitrogens with zero attached hydrogens (tertiary/aromatic N) is 3. The van der Waals surface area contributed by atoms with Gasteiger partial charge in [0.2, 0.25) is 5.82 Å². The molecule has 8 nitrogen and oxygen atoms in total. The van der Waals surface area contributed by atoms with Gasteiger partial charge in [-0.3, -0.25) is 4.90 Å². The molecule has 0 spiro atoms. The van der Waals surface area contributed by atoms with Crippen LogP contribution in [-0.4, -0.2) is 30.4 Å². The first-order valence-electron chi connectivity index (χ1n) is 10.6. The minimum Gasteiger partial charge on any atom is -0.497 e. The number of hydrogen-bond acceptors (Lipinski definition) is 7. The summed E-state index contributed by atoms with van der Waals surface area (Å²) in [7, 11) is 3.21. The van der Waals surface area contributed by atoms with Gasteiger partial charge in [-0.2, -0.15) is 4.98 Å². The molecule has 9 heteroatoms. The van der Waals surface area contributed by atoms with Crippen LogP contribution in [0.15, 0.2) is 76.3 Å². The molecule has 172 valence electrons. The normalized spacial score (nSPS) is 15.9. The van der Waals surface area contributed by atoms with Crippen molar-refractivity contribution in [2.45, 2.75) is 13.0 Å². The number of rotatable bonds is 6. The average Bonchev–Trinajstić information content (AvgIpc) is 3.56. The fourth-order valence-electron chi connectivity index (χ4n) is 3.97. The molecular formula is C25H22N4O4S. The van der Waals surface area contributed by atoms with Crippen molar-refractivity contribution in [2.24, 2.45) is 0 Å². The lowest BCUT2D eigenvalue weighted by molar-refractivity contribution is 0.244. The van der Waals surface area contributed by atoms with Crippen LogP contribution in [0.1, 0.15) is 24.4 Å². The highest BCUT2D eigenvalue weighted by Crippen LogP contribution is 2.40. The van der Waals surface area contributed by atoms with E-state index in [4.69, 9.17) is 14.0 Å². The monoisotopic (exact) mass is 474 g/mol. The summed E-state index contributed by atoms with van der Waals surface area (Å²) in [5, 5.41) is 9.25. The van der Waals surface area contributed by atoms with Crippen LogP contribution in [0, 0.1) is 0 Å². The van der Waals surface area contributed by atoms with Crippen LogP contribution in [0.2, 0.25) is 0 Å². The minimum atomic E-state index is -0.506. The first kappa shape index (κ1) is 21.7. The number of urea groups is 1. The van der Waals surface area contributed by atoms with Gasteiger partial charge in [-0.1, -0.05) is 23.4 Å². The van der Waals surface area contributed by atoms with Crippen molar-refractivity contribution in [3.8, 4) is 22.2 Å². The van der Waals surface area contributed by atoms with E-state index in [1.165, 1.54) is 11.3 Å². The first-order chi connectivity index (χ1) is 16.6. The van der Waals surface area contributed by atoms with E-state index in [2.05, 4.69) is 15.5 Å². The average molecular weight is 475 g/mol. The van der Waals surface area contributed by atoms with Gasteiger partial charge < -0.3 is 19.3 Å². The highest BCUT2D eigenvalue weighted by molar-refractivity contribution is 7.13. The van der Waals surface area contributed by atoms with E-state index in [1.54, 1.807) is 19.1 Å². The largest absolute Gasteiger partial charge is 0.497 e. The van der Waals surface area contributed by atoms with Crippen molar-refractivity contribution in [2.75, 3.05) is 19.1 Å². The summed E-state index contributed by atoms with van der Waals surface area (Å²) in [6.45, 7) is 1.88. The maximum atomic E-state index is 13.3. The zero-order valence-corrected chi connectivity index (χ0v) is 19.6. The summed E-state index contributed by atoms with van der Waals surface area (Å²) in [5.74, 6) is 2.23. The van der Waals surface area contributed by atoms with Crippen molar-refractivity contribution < 1.29 is 18.8 Å². The first-order valence-corrected chi connectivity index (χ1v) is 11.4. The molecule has 5 rings (SSSR count). The third-order valence-electron chi connectivity index (χ3n) is 5.64. The Labute approximate surface area is 200 Å². The fraction of sp³-hybridized carbons (Fsp3) is 0.160. The molecule has 4 aromatic rings. The Morgan fingerprint density at radius 3 is 2.53 bits per heavy atom. The summed E-state index contributed by atoms with van der Waals surface area (Å²) in [6.07, 6.45) is 0. The Balaban J connectivity index is 1.65. The van der Waals surface area contributed by atoms with Crippen molar-refractivity contribution >= 4 is 28.6 Å². The molecule has 0 radical (unpaired) electrons. The third-order valence-corrected chi connectivity index (χ3v) is 6.51. The molecule has 2 aromatic carbocycles. The molecule has 2 aromatic heterocycles. The molecule has 0 bridgehead atoms. The van der Waals surface area contributed by atoms with E-state index in [1.807, 2.05) is 73.0 Å². The SMILES string of the molecule is COc1ccc(N2C(=O)NC(c3cccc(OC)c3)C(c3nc(-c4cccs4)no3)=C2C)cc1. The van der Waals surface area contributed by atoms with Gasteiger partial charge in [0.15, 0.2) is 0 Å². The number of ether oxygens (including phenoxy) is 2. The van der Waals surface area contributed by atoms with Gasteiger partial charge in [0.25, 0.3) is 5.89 Å². The number of thiophene rings is 1. The molecule has 3 heterocycles. The van der Waals surface area contributed by atoms with Crippen LogP contribution in [0.5, 0.6) is 11.5 Å². The summed E-state index contributed by atoms with van der Waals surface area (Å²) in [5.41, 5.74) is 2.92. The lowest BCUT2D eigenvalue weighted by Crippen LogP contribution is -2.46. The van der Waals surface area contributed by atoms with E-state index in [9.17, 15) is 4.79 Å². The minimum absolute atomic E-state index is 0.266. The van der Waals surface area contributed by atoms with Crippen LogP contribution in [0.25, 0.3) is 16.3 Å². The number of carbonyl (C=O) groups is 1. The summed E-state index contributed by atoms with van der Waals surface area (Å²) >= 11 is 1.53. The molecule has 0 fully saturated rings. The highest BCUT2D eigenvalue weighted by atomic mass is 32.1. The maximum Gasteiger partial charge on any atom is 0.326 e. The summed E-state index contributed by atoms with van der Waals surface area (Å²) in [6, 6.07) is 17.9. The predicted molar refractivity (Wildman–Crippen MR) is 130 cm³/mol. The second kappa shape index (κ2) is 9.03. The van der Waals surface area contributed by atoms with Gasteiger partial charge in [-0.05, 0) is 60.3 Å². The molecular weight excluding hydrogens is 452 g/mol. The number of benzene rings is 2. The zero-order valence-electron chi connectivity index (χ0n) is 18.8. The quantitative estimate of drug-likeness (QED) is 0.396. The number of anilines is 1. The third kappa shape index (κ3) is 3.90. The van der Waals surface area contributed by atoms with E-state index in [0.717, 1.165) is 10.4 Å². The Morgan fingerprint density at radius 2 is 1.82 bits per heavy atom. The molecule has 1 aliphatic heterocycles. The topological polar surface area (TPSA) is 89.7 Å². The molecule has 1 N–H and O–H groups in total. The van der Waals surface area contributed by atoms with Crippen molar-refractivity contribution in [1.29, 1.82) is 0 Å². The number of hydrogen-bond donors (Lipinski definition) is 1. The van der Waals surface area contributed by atoms with E-state index in [-0.39, 0.29) is 6.03 Å². The van der Waals surface area contributed by atoms with Gasteiger partial charge in [0.05, 0.1) is 36.4 Å². The van der Waals surface area contributed by atoms with Crippen molar-refractivity contribution in [3.05, 3.63) is 83.2 Å². The Hall–Kier alpha value is -4.11. The number of nitrogens with one attached hydrogen (secondary N) is 1. The number of methoxy groups -OCH3 is 2. The molecule has 0 saturated carbocycles. The maximum absolute atomic E-state index is 13.3. The van der Waals surface area contributed by atoms with Crippen LogP contribution < -0.4 is 19.7 Å². The highest BCUT2D eigenvalue weighted by Gasteiger charge is 2.36. The smallest absolute Gasteiger partial charge is 0.326 e. The van der Waals surface area contributed by atoms with Gasteiger partial charge >= 0.3 is 6.03 Å². The van der Waals surface area contributed by atoms with Crippen LogP contribution in [-0.2, 0) is 0 Å². The van der Waals surface area contributed by atoms with E-state index >= 15 is 0 Å². The second-order valence-corrected chi connectivity index (χ2v) is 8.54. The van der Waals surface area contributed by atoms with Gasteiger partial charge in [-0.25, -0.2) is 4.79 Å².